The summed E-state index contributed by atoms with van der Waals surface area (Å²) < 4.78 is 47.1. The van der Waals surface area contributed by atoms with Gasteiger partial charge >= 0.3 is 0 Å². The van der Waals surface area contributed by atoms with E-state index in [1.165, 1.54) is 4.31 Å². The van der Waals surface area contributed by atoms with Crippen LogP contribution in [-0.4, -0.2) is 63.2 Å². The van der Waals surface area contributed by atoms with Crippen molar-refractivity contribution in [3.8, 4) is 0 Å². The molecule has 17 heavy (non-hydrogen) atoms. The van der Waals surface area contributed by atoms with Crippen LogP contribution >= 0.6 is 0 Å². The van der Waals surface area contributed by atoms with Crippen LogP contribution in [0.25, 0.3) is 0 Å². The maximum absolute atomic E-state index is 11.9. The molecule has 1 saturated heterocycles. The Morgan fingerprint density at radius 2 is 1.82 bits per heavy atom. The molecule has 2 unspecified atom stereocenters. The lowest BCUT2D eigenvalue weighted by Crippen LogP contribution is -2.42. The van der Waals surface area contributed by atoms with Crippen LogP contribution in [0.4, 0.5) is 0 Å². The summed E-state index contributed by atoms with van der Waals surface area (Å²) in [6, 6.07) is -0.417. The maximum atomic E-state index is 11.9. The highest BCUT2D eigenvalue weighted by Gasteiger charge is 2.38. The molecule has 1 aliphatic rings. The molecule has 0 amide bonds. The quantitative estimate of drug-likeness (QED) is 0.704. The Balaban J connectivity index is 2.77. The highest BCUT2D eigenvalue weighted by atomic mass is 32.2. The normalized spacial score (nSPS) is 27.5. The Labute approximate surface area is 103 Å². The summed E-state index contributed by atoms with van der Waals surface area (Å²) in [5.41, 5.74) is 0. The molecule has 1 N–H and O–H groups in total. The number of hydrogen-bond donors (Lipinski definition) is 1. The van der Waals surface area contributed by atoms with Crippen molar-refractivity contribution in [1.29, 1.82) is 0 Å². The van der Waals surface area contributed by atoms with Crippen molar-refractivity contribution >= 4 is 19.9 Å². The molecule has 0 aliphatic carbocycles. The Bertz CT molecular complexity index is 456. The SMILES string of the molecule is CC1CCN(S(=O)(=O)CCS(C)(=O)=O)C1CO. The number of sulfonamides is 1. The van der Waals surface area contributed by atoms with Gasteiger partial charge in [-0.15, -0.1) is 0 Å². The van der Waals surface area contributed by atoms with Crippen molar-refractivity contribution in [3.05, 3.63) is 0 Å². The average Bonchev–Trinajstić information content (AvgIpc) is 2.56. The van der Waals surface area contributed by atoms with Crippen LogP contribution in [0.3, 0.4) is 0 Å². The van der Waals surface area contributed by atoms with E-state index in [2.05, 4.69) is 0 Å². The molecule has 2 atom stereocenters. The molecule has 8 heteroatoms. The van der Waals surface area contributed by atoms with Crippen LogP contribution in [0.15, 0.2) is 0 Å². The van der Waals surface area contributed by atoms with Gasteiger partial charge in [-0.2, -0.15) is 4.31 Å². The molecule has 102 valence electrons. The lowest BCUT2D eigenvalue weighted by molar-refractivity contribution is 0.191. The highest BCUT2D eigenvalue weighted by molar-refractivity contribution is 7.93. The smallest absolute Gasteiger partial charge is 0.215 e. The van der Waals surface area contributed by atoms with Crippen LogP contribution in [0, 0.1) is 5.92 Å². The topological polar surface area (TPSA) is 91.8 Å². The zero-order valence-electron chi connectivity index (χ0n) is 10.0. The zero-order valence-corrected chi connectivity index (χ0v) is 11.7. The van der Waals surface area contributed by atoms with Gasteiger partial charge in [0, 0.05) is 12.8 Å². The Morgan fingerprint density at radius 3 is 2.29 bits per heavy atom. The summed E-state index contributed by atoms with van der Waals surface area (Å²) in [5.74, 6) is -0.680. The third-order valence-electron chi connectivity index (χ3n) is 3.09. The molecular weight excluding hydrogens is 266 g/mol. The average molecular weight is 285 g/mol. The van der Waals surface area contributed by atoms with Gasteiger partial charge in [0.25, 0.3) is 0 Å². The second-order valence-corrected chi connectivity index (χ2v) is 8.87. The minimum Gasteiger partial charge on any atom is -0.395 e. The molecular formula is C9H19NO5S2. The molecule has 0 saturated carbocycles. The Morgan fingerprint density at radius 1 is 1.24 bits per heavy atom. The van der Waals surface area contributed by atoms with Crippen LogP contribution in [0.2, 0.25) is 0 Å². The fourth-order valence-electron chi connectivity index (χ4n) is 1.96. The fourth-order valence-corrected chi connectivity index (χ4v) is 5.32. The number of hydrogen-bond acceptors (Lipinski definition) is 5. The molecule has 0 aromatic carbocycles. The van der Waals surface area contributed by atoms with E-state index < -0.39 is 31.7 Å². The maximum Gasteiger partial charge on any atom is 0.215 e. The van der Waals surface area contributed by atoms with E-state index in [4.69, 9.17) is 0 Å². The summed E-state index contributed by atoms with van der Waals surface area (Å²) >= 11 is 0. The van der Waals surface area contributed by atoms with Gasteiger partial charge in [-0.05, 0) is 12.3 Å². The molecule has 0 aromatic heterocycles. The van der Waals surface area contributed by atoms with Gasteiger partial charge < -0.3 is 5.11 Å². The van der Waals surface area contributed by atoms with Crippen LogP contribution in [0.5, 0.6) is 0 Å². The second-order valence-electron chi connectivity index (χ2n) is 4.57. The van der Waals surface area contributed by atoms with Crippen molar-refractivity contribution in [2.24, 2.45) is 5.92 Å². The minimum atomic E-state index is -3.59. The predicted molar refractivity (Wildman–Crippen MR) is 64.9 cm³/mol. The van der Waals surface area contributed by atoms with Crippen LogP contribution in [0.1, 0.15) is 13.3 Å². The Kier molecular flexibility index (Phi) is 4.56. The standard InChI is InChI=1S/C9H19NO5S2/c1-8-3-4-10(9(8)7-11)17(14,15)6-5-16(2,12)13/h8-9,11H,3-7H2,1-2H3. The van der Waals surface area contributed by atoms with Gasteiger partial charge in [0.2, 0.25) is 10.0 Å². The van der Waals surface area contributed by atoms with Gasteiger partial charge in [-0.1, -0.05) is 6.92 Å². The summed E-state index contributed by atoms with van der Waals surface area (Å²) in [7, 11) is -6.89. The number of aliphatic hydroxyl groups is 1. The number of aliphatic hydroxyl groups excluding tert-OH is 1. The minimum absolute atomic E-state index is 0.105. The van der Waals surface area contributed by atoms with E-state index in [0.29, 0.717) is 13.0 Å². The van der Waals surface area contributed by atoms with Gasteiger partial charge in [0.15, 0.2) is 0 Å². The molecule has 0 spiro atoms. The van der Waals surface area contributed by atoms with Gasteiger partial charge in [0.1, 0.15) is 9.84 Å². The van der Waals surface area contributed by atoms with Crippen molar-refractivity contribution in [2.75, 3.05) is 30.9 Å². The monoisotopic (exact) mass is 285 g/mol. The molecule has 0 radical (unpaired) electrons. The molecule has 0 aromatic rings. The van der Waals surface area contributed by atoms with Crippen molar-refractivity contribution in [2.45, 2.75) is 19.4 Å². The van der Waals surface area contributed by atoms with Crippen LogP contribution < -0.4 is 0 Å². The van der Waals surface area contributed by atoms with E-state index in [1.54, 1.807) is 0 Å². The van der Waals surface area contributed by atoms with Crippen molar-refractivity contribution in [1.82, 2.24) is 4.31 Å². The first-order valence-corrected chi connectivity index (χ1v) is 9.12. The van der Waals surface area contributed by atoms with Gasteiger partial charge in [-0.25, -0.2) is 16.8 Å². The van der Waals surface area contributed by atoms with E-state index >= 15 is 0 Å². The molecule has 0 bridgehead atoms. The second kappa shape index (κ2) is 5.21. The zero-order chi connectivity index (χ0) is 13.3. The van der Waals surface area contributed by atoms with Crippen molar-refractivity contribution in [3.63, 3.8) is 0 Å². The van der Waals surface area contributed by atoms with Gasteiger partial charge in [-0.3, -0.25) is 0 Å². The van der Waals surface area contributed by atoms with E-state index in [-0.39, 0.29) is 18.3 Å². The first kappa shape index (κ1) is 14.9. The highest BCUT2D eigenvalue weighted by Crippen LogP contribution is 2.26. The van der Waals surface area contributed by atoms with E-state index in [1.807, 2.05) is 6.92 Å². The van der Waals surface area contributed by atoms with Crippen molar-refractivity contribution < 1.29 is 21.9 Å². The largest absolute Gasteiger partial charge is 0.395 e. The molecule has 1 heterocycles. The predicted octanol–water partition coefficient (Wildman–Crippen LogP) is -0.936. The third-order valence-corrected chi connectivity index (χ3v) is 6.18. The number of nitrogens with zero attached hydrogens (tertiary/aromatic N) is 1. The summed E-state index contributed by atoms with van der Waals surface area (Å²) in [4.78, 5) is 0. The number of rotatable bonds is 5. The van der Waals surface area contributed by atoms with Gasteiger partial charge in [0.05, 0.1) is 24.2 Å². The molecule has 6 nitrogen and oxygen atoms in total. The summed E-state index contributed by atoms with van der Waals surface area (Å²) in [6.07, 6.45) is 1.71. The number of sulfone groups is 1. The summed E-state index contributed by atoms with van der Waals surface area (Å²) in [6.45, 7) is 2.02. The summed E-state index contributed by atoms with van der Waals surface area (Å²) in [5, 5.41) is 9.17. The first-order chi connectivity index (χ1) is 7.67. The molecule has 1 aliphatic heterocycles. The fraction of sp³-hybridized carbons (Fsp3) is 1.00. The first-order valence-electron chi connectivity index (χ1n) is 5.45. The van der Waals surface area contributed by atoms with Crippen LogP contribution in [-0.2, 0) is 19.9 Å². The lowest BCUT2D eigenvalue weighted by atomic mass is 10.0. The third kappa shape index (κ3) is 3.90. The molecule has 1 fully saturated rings. The van der Waals surface area contributed by atoms with E-state index in [9.17, 15) is 21.9 Å². The Hall–Kier alpha value is -0.180. The lowest BCUT2D eigenvalue weighted by Gasteiger charge is -2.24. The molecule has 1 rings (SSSR count). The van der Waals surface area contributed by atoms with E-state index in [0.717, 1.165) is 6.26 Å².